The van der Waals surface area contributed by atoms with E-state index in [9.17, 15) is 9.59 Å². The van der Waals surface area contributed by atoms with Gasteiger partial charge in [-0.15, -0.1) is 0 Å². The van der Waals surface area contributed by atoms with Gasteiger partial charge in [0, 0.05) is 18.9 Å². The van der Waals surface area contributed by atoms with Crippen LogP contribution >= 0.6 is 0 Å². The summed E-state index contributed by atoms with van der Waals surface area (Å²) in [4.78, 5) is 22.1. The van der Waals surface area contributed by atoms with Crippen LogP contribution in [0.1, 0.15) is 12.5 Å². The lowest BCUT2D eigenvalue weighted by Gasteiger charge is -2.16. The van der Waals surface area contributed by atoms with E-state index in [1.807, 2.05) is 0 Å². The lowest BCUT2D eigenvalue weighted by atomic mass is 10.0. The van der Waals surface area contributed by atoms with Crippen molar-refractivity contribution >= 4 is 11.9 Å². The van der Waals surface area contributed by atoms with E-state index in [2.05, 4.69) is 5.32 Å². The number of nitrogens with one attached hydrogen (secondary N) is 1. The SMILES string of the molecule is COc1ccc(OC)c(CC(NC(C)=O)C(=O)O)c1. The topological polar surface area (TPSA) is 84.9 Å². The van der Waals surface area contributed by atoms with Crippen LogP contribution in [0.25, 0.3) is 0 Å². The highest BCUT2D eigenvalue weighted by atomic mass is 16.5. The highest BCUT2D eigenvalue weighted by Crippen LogP contribution is 2.25. The number of benzene rings is 1. The minimum atomic E-state index is -1.10. The van der Waals surface area contributed by atoms with Crippen molar-refractivity contribution in [1.29, 1.82) is 0 Å². The molecule has 0 spiro atoms. The van der Waals surface area contributed by atoms with Crippen molar-refractivity contribution in [2.24, 2.45) is 0 Å². The average molecular weight is 267 g/mol. The average Bonchev–Trinajstić information content (AvgIpc) is 2.37. The van der Waals surface area contributed by atoms with Gasteiger partial charge in [-0.2, -0.15) is 0 Å². The molecule has 0 fully saturated rings. The molecule has 1 unspecified atom stereocenters. The van der Waals surface area contributed by atoms with E-state index in [1.165, 1.54) is 21.1 Å². The van der Waals surface area contributed by atoms with Gasteiger partial charge in [-0.3, -0.25) is 4.79 Å². The van der Waals surface area contributed by atoms with Crippen LogP contribution in [-0.4, -0.2) is 37.2 Å². The van der Waals surface area contributed by atoms with Crippen molar-refractivity contribution in [3.8, 4) is 11.5 Å². The highest BCUT2D eigenvalue weighted by molar-refractivity contribution is 5.82. The maximum Gasteiger partial charge on any atom is 0.326 e. The quantitative estimate of drug-likeness (QED) is 0.797. The number of carbonyl (C=O) groups excluding carboxylic acids is 1. The van der Waals surface area contributed by atoms with Gasteiger partial charge in [-0.1, -0.05) is 0 Å². The molecular weight excluding hydrogens is 250 g/mol. The number of hydrogen-bond donors (Lipinski definition) is 2. The van der Waals surface area contributed by atoms with E-state index in [-0.39, 0.29) is 6.42 Å². The minimum Gasteiger partial charge on any atom is -0.497 e. The molecule has 0 saturated carbocycles. The Morgan fingerprint density at radius 2 is 2.00 bits per heavy atom. The van der Waals surface area contributed by atoms with Crippen LogP contribution in [0.15, 0.2) is 18.2 Å². The van der Waals surface area contributed by atoms with Gasteiger partial charge in [0.25, 0.3) is 0 Å². The molecule has 0 aliphatic carbocycles. The van der Waals surface area contributed by atoms with Crippen LogP contribution in [0.4, 0.5) is 0 Å². The fraction of sp³-hybridized carbons (Fsp3) is 0.385. The molecule has 1 atom stereocenters. The molecule has 1 aromatic rings. The summed E-state index contributed by atoms with van der Waals surface area (Å²) in [5, 5.41) is 11.5. The first-order valence-corrected chi connectivity index (χ1v) is 5.68. The van der Waals surface area contributed by atoms with Crippen molar-refractivity contribution in [2.45, 2.75) is 19.4 Å². The van der Waals surface area contributed by atoms with Gasteiger partial charge in [0.1, 0.15) is 17.5 Å². The van der Waals surface area contributed by atoms with Crippen LogP contribution < -0.4 is 14.8 Å². The second-order valence-corrected chi connectivity index (χ2v) is 3.97. The molecule has 1 amide bonds. The van der Waals surface area contributed by atoms with Crippen LogP contribution in [0, 0.1) is 0 Å². The number of rotatable bonds is 6. The Labute approximate surface area is 111 Å². The molecule has 1 rings (SSSR count). The Hall–Kier alpha value is -2.24. The molecule has 0 radical (unpaired) electrons. The van der Waals surface area contributed by atoms with E-state index >= 15 is 0 Å². The van der Waals surface area contributed by atoms with Crippen molar-refractivity contribution < 1.29 is 24.2 Å². The summed E-state index contributed by atoms with van der Waals surface area (Å²) in [7, 11) is 3.02. The Morgan fingerprint density at radius 3 is 2.47 bits per heavy atom. The lowest BCUT2D eigenvalue weighted by molar-refractivity contribution is -0.141. The van der Waals surface area contributed by atoms with Crippen molar-refractivity contribution in [1.82, 2.24) is 5.32 Å². The van der Waals surface area contributed by atoms with E-state index in [0.29, 0.717) is 17.1 Å². The predicted octanol–water partition coefficient (Wildman–Crippen LogP) is 0.836. The summed E-state index contributed by atoms with van der Waals surface area (Å²) < 4.78 is 10.3. The first-order chi connectivity index (χ1) is 8.97. The lowest BCUT2D eigenvalue weighted by Crippen LogP contribution is -2.41. The number of carboxylic acids is 1. The van der Waals surface area contributed by atoms with Crippen molar-refractivity contribution in [2.75, 3.05) is 14.2 Å². The number of hydrogen-bond acceptors (Lipinski definition) is 4. The molecule has 104 valence electrons. The molecular formula is C13H17NO5. The third-order valence-electron chi connectivity index (χ3n) is 2.59. The molecule has 19 heavy (non-hydrogen) atoms. The summed E-state index contributed by atoms with van der Waals surface area (Å²) >= 11 is 0. The molecule has 2 N–H and O–H groups in total. The van der Waals surface area contributed by atoms with E-state index < -0.39 is 17.9 Å². The van der Waals surface area contributed by atoms with Crippen LogP contribution in [0.2, 0.25) is 0 Å². The zero-order chi connectivity index (χ0) is 14.4. The van der Waals surface area contributed by atoms with E-state index in [1.54, 1.807) is 18.2 Å². The van der Waals surface area contributed by atoms with Crippen molar-refractivity contribution in [3.63, 3.8) is 0 Å². The molecule has 0 bridgehead atoms. The Balaban J connectivity index is 2.99. The molecule has 1 aromatic carbocycles. The summed E-state index contributed by atoms with van der Waals surface area (Å²) in [5.41, 5.74) is 0.656. The standard InChI is InChI=1S/C13H17NO5/c1-8(15)14-11(13(16)17)7-9-6-10(18-2)4-5-12(9)19-3/h4-6,11H,7H2,1-3H3,(H,14,15)(H,16,17). The smallest absolute Gasteiger partial charge is 0.326 e. The predicted molar refractivity (Wildman–Crippen MR) is 68.5 cm³/mol. The monoisotopic (exact) mass is 267 g/mol. The fourth-order valence-electron chi connectivity index (χ4n) is 1.71. The molecule has 0 saturated heterocycles. The van der Waals surface area contributed by atoms with Crippen LogP contribution in [-0.2, 0) is 16.0 Å². The van der Waals surface area contributed by atoms with Gasteiger partial charge in [0.15, 0.2) is 0 Å². The molecule has 0 aliphatic heterocycles. The fourth-order valence-corrected chi connectivity index (χ4v) is 1.71. The summed E-state index contributed by atoms with van der Waals surface area (Å²) in [6.07, 6.45) is 0.120. The number of amides is 1. The Morgan fingerprint density at radius 1 is 1.32 bits per heavy atom. The molecule has 0 aliphatic rings. The molecule has 6 heteroatoms. The number of ether oxygens (including phenoxy) is 2. The normalized spacial score (nSPS) is 11.5. The van der Waals surface area contributed by atoms with Crippen LogP contribution in [0.5, 0.6) is 11.5 Å². The zero-order valence-electron chi connectivity index (χ0n) is 11.1. The summed E-state index contributed by atoms with van der Waals surface area (Å²) in [6.45, 7) is 1.28. The maximum absolute atomic E-state index is 11.1. The van der Waals surface area contributed by atoms with Crippen molar-refractivity contribution in [3.05, 3.63) is 23.8 Å². The maximum atomic E-state index is 11.1. The zero-order valence-corrected chi connectivity index (χ0v) is 11.1. The number of methoxy groups -OCH3 is 2. The first-order valence-electron chi connectivity index (χ1n) is 5.68. The van der Waals surface area contributed by atoms with E-state index in [0.717, 1.165) is 0 Å². The van der Waals surface area contributed by atoms with Gasteiger partial charge >= 0.3 is 5.97 Å². The second-order valence-electron chi connectivity index (χ2n) is 3.97. The number of aliphatic carboxylic acids is 1. The number of carboxylic acid groups (broad SMARTS) is 1. The van der Waals surface area contributed by atoms with Gasteiger partial charge in [0.2, 0.25) is 5.91 Å². The summed E-state index contributed by atoms with van der Waals surface area (Å²) in [5.74, 6) is -0.338. The molecule has 0 heterocycles. The minimum absolute atomic E-state index is 0.120. The highest BCUT2D eigenvalue weighted by Gasteiger charge is 2.21. The summed E-state index contributed by atoms with van der Waals surface area (Å²) in [6, 6.07) is 4.10. The third kappa shape index (κ3) is 4.17. The molecule has 0 aromatic heterocycles. The first kappa shape index (κ1) is 14.8. The molecule has 6 nitrogen and oxygen atoms in total. The second kappa shape index (κ2) is 6.63. The van der Waals surface area contributed by atoms with E-state index in [4.69, 9.17) is 14.6 Å². The van der Waals surface area contributed by atoms with Gasteiger partial charge in [-0.25, -0.2) is 4.79 Å². The number of carbonyl (C=O) groups is 2. The Kier molecular flexibility index (Phi) is 5.17. The van der Waals surface area contributed by atoms with Gasteiger partial charge < -0.3 is 19.9 Å². The third-order valence-corrected chi connectivity index (χ3v) is 2.59. The van der Waals surface area contributed by atoms with Gasteiger partial charge in [-0.05, 0) is 18.2 Å². The Bertz CT molecular complexity index is 472. The van der Waals surface area contributed by atoms with Gasteiger partial charge in [0.05, 0.1) is 14.2 Å². The largest absolute Gasteiger partial charge is 0.497 e. The van der Waals surface area contributed by atoms with Crippen LogP contribution in [0.3, 0.4) is 0 Å².